The number of aryl methyl sites for hydroxylation is 1. The van der Waals surface area contributed by atoms with Crippen molar-refractivity contribution in [3.05, 3.63) is 95.0 Å². The van der Waals surface area contributed by atoms with Gasteiger partial charge in [-0.15, -0.1) is 0 Å². The predicted octanol–water partition coefficient (Wildman–Crippen LogP) is 4.54. The molecule has 1 aliphatic heterocycles. The van der Waals surface area contributed by atoms with E-state index < -0.39 is 17.7 Å². The summed E-state index contributed by atoms with van der Waals surface area (Å²) in [5.74, 6) is -0.507. The highest BCUT2D eigenvalue weighted by molar-refractivity contribution is 6.46. The lowest BCUT2D eigenvalue weighted by Crippen LogP contribution is -2.32. The van der Waals surface area contributed by atoms with Crippen molar-refractivity contribution in [3.8, 4) is 5.75 Å². The number of nitrogens with zero attached hydrogens (tertiary/aromatic N) is 2. The van der Waals surface area contributed by atoms with Crippen molar-refractivity contribution in [2.75, 3.05) is 27.2 Å². The van der Waals surface area contributed by atoms with Gasteiger partial charge in [-0.1, -0.05) is 29.8 Å². The number of hydrogen-bond acceptors (Lipinski definition) is 6. The van der Waals surface area contributed by atoms with Gasteiger partial charge in [-0.05, 0) is 75.9 Å². The Balaban J connectivity index is 1.58. The number of ketones is 1. The Kier molecular flexibility index (Phi) is 7.36. The molecule has 1 N–H and O–H groups in total. The fraction of sp³-hybridized carbons (Fsp3) is 0.286. The Morgan fingerprint density at radius 3 is 2.51 bits per heavy atom. The molecule has 182 valence electrons. The van der Waals surface area contributed by atoms with Crippen LogP contribution in [-0.4, -0.2) is 53.8 Å². The van der Waals surface area contributed by atoms with Gasteiger partial charge in [-0.2, -0.15) is 0 Å². The molecule has 0 radical (unpaired) electrons. The van der Waals surface area contributed by atoms with Gasteiger partial charge in [0, 0.05) is 12.1 Å². The lowest BCUT2D eigenvalue weighted by Gasteiger charge is -2.24. The number of ether oxygens (including phenoxy) is 1. The Morgan fingerprint density at radius 1 is 1.09 bits per heavy atom. The summed E-state index contributed by atoms with van der Waals surface area (Å²) in [5, 5.41) is 11.1. The van der Waals surface area contributed by atoms with Crippen LogP contribution in [0.1, 0.15) is 34.9 Å². The van der Waals surface area contributed by atoms with Crippen LogP contribution < -0.4 is 4.74 Å². The normalized spacial score (nSPS) is 17.4. The molecule has 1 fully saturated rings. The van der Waals surface area contributed by atoms with E-state index in [-0.39, 0.29) is 11.3 Å². The number of carbonyl (C=O) groups excluding carboxylic acids is 2. The molecule has 0 bridgehead atoms. The van der Waals surface area contributed by atoms with Crippen LogP contribution in [0.15, 0.2) is 76.9 Å². The maximum Gasteiger partial charge on any atom is 0.295 e. The Labute approximate surface area is 205 Å². The first-order valence-corrected chi connectivity index (χ1v) is 11.6. The lowest BCUT2D eigenvalue weighted by molar-refractivity contribution is -0.140. The van der Waals surface area contributed by atoms with Crippen molar-refractivity contribution in [1.29, 1.82) is 0 Å². The quantitative estimate of drug-likeness (QED) is 0.279. The van der Waals surface area contributed by atoms with E-state index >= 15 is 0 Å². The predicted molar refractivity (Wildman–Crippen MR) is 133 cm³/mol. The van der Waals surface area contributed by atoms with Gasteiger partial charge in [-0.25, -0.2) is 0 Å². The van der Waals surface area contributed by atoms with Crippen LogP contribution in [0.25, 0.3) is 5.76 Å². The highest BCUT2D eigenvalue weighted by atomic mass is 16.5. The van der Waals surface area contributed by atoms with Gasteiger partial charge < -0.3 is 24.1 Å². The van der Waals surface area contributed by atoms with E-state index in [4.69, 9.17) is 9.15 Å². The van der Waals surface area contributed by atoms with E-state index in [9.17, 15) is 14.7 Å². The minimum atomic E-state index is -0.774. The first kappa shape index (κ1) is 24.3. The monoisotopic (exact) mass is 474 g/mol. The van der Waals surface area contributed by atoms with Crippen LogP contribution in [-0.2, 0) is 16.2 Å². The molecular formula is C28H30N2O5. The summed E-state index contributed by atoms with van der Waals surface area (Å²) in [6.07, 6.45) is 2.18. The average molecular weight is 475 g/mol. The van der Waals surface area contributed by atoms with Gasteiger partial charge in [0.1, 0.15) is 29.9 Å². The third-order valence-corrected chi connectivity index (χ3v) is 5.97. The number of rotatable bonds is 9. The Hall–Kier alpha value is -3.84. The minimum absolute atomic E-state index is 0.0308. The van der Waals surface area contributed by atoms with Crippen LogP contribution >= 0.6 is 0 Å². The second kappa shape index (κ2) is 10.6. The Morgan fingerprint density at radius 2 is 1.86 bits per heavy atom. The number of furan rings is 1. The number of Topliss-reactive ketones (excluding diaryl/α,β-unsaturated/α-hetero) is 1. The van der Waals surface area contributed by atoms with Crippen molar-refractivity contribution in [2.24, 2.45) is 0 Å². The highest BCUT2D eigenvalue weighted by Gasteiger charge is 2.47. The molecule has 1 aliphatic rings. The van der Waals surface area contributed by atoms with Crippen molar-refractivity contribution in [2.45, 2.75) is 26.0 Å². The molecule has 1 saturated heterocycles. The number of aliphatic hydroxyl groups excluding tert-OH is 1. The zero-order chi connectivity index (χ0) is 24.9. The first-order valence-electron chi connectivity index (χ1n) is 11.6. The fourth-order valence-electron chi connectivity index (χ4n) is 4.24. The zero-order valence-electron chi connectivity index (χ0n) is 20.2. The molecule has 0 saturated carbocycles. The lowest BCUT2D eigenvalue weighted by atomic mass is 9.99. The summed E-state index contributed by atoms with van der Waals surface area (Å²) in [4.78, 5) is 29.4. The number of amides is 1. The number of likely N-dealkylation sites (tertiary alicyclic amines) is 1. The first-order chi connectivity index (χ1) is 16.8. The van der Waals surface area contributed by atoms with E-state index in [0.717, 1.165) is 17.7 Å². The summed E-state index contributed by atoms with van der Waals surface area (Å²) < 4.78 is 11.4. The van der Waals surface area contributed by atoms with Crippen LogP contribution in [0.3, 0.4) is 0 Å². The molecule has 1 aromatic heterocycles. The van der Waals surface area contributed by atoms with E-state index in [2.05, 4.69) is 6.07 Å². The molecule has 4 rings (SSSR count). The second-order valence-corrected chi connectivity index (χ2v) is 8.97. The largest absolute Gasteiger partial charge is 0.507 e. The molecule has 0 aliphatic carbocycles. The summed E-state index contributed by atoms with van der Waals surface area (Å²) >= 11 is 0. The fourth-order valence-corrected chi connectivity index (χ4v) is 4.24. The summed E-state index contributed by atoms with van der Waals surface area (Å²) in [7, 11) is 3.90. The molecule has 3 aromatic rings. The second-order valence-electron chi connectivity index (χ2n) is 8.97. The van der Waals surface area contributed by atoms with E-state index in [0.29, 0.717) is 36.6 Å². The van der Waals surface area contributed by atoms with E-state index in [1.807, 2.05) is 44.1 Å². The maximum absolute atomic E-state index is 13.0. The van der Waals surface area contributed by atoms with Crippen molar-refractivity contribution in [3.63, 3.8) is 0 Å². The van der Waals surface area contributed by atoms with Gasteiger partial charge in [0.2, 0.25) is 0 Å². The highest BCUT2D eigenvalue weighted by Crippen LogP contribution is 2.39. The number of aliphatic hydroxyl groups is 1. The molecule has 7 nitrogen and oxygen atoms in total. The molecule has 2 aromatic carbocycles. The van der Waals surface area contributed by atoms with Gasteiger partial charge in [-0.3, -0.25) is 9.59 Å². The van der Waals surface area contributed by atoms with Gasteiger partial charge >= 0.3 is 0 Å². The molecule has 7 heteroatoms. The number of hydrogen-bond donors (Lipinski definition) is 1. The van der Waals surface area contributed by atoms with Crippen molar-refractivity contribution in [1.82, 2.24) is 9.80 Å². The summed E-state index contributed by atoms with van der Waals surface area (Å²) in [5.41, 5.74) is 2.68. The zero-order valence-corrected chi connectivity index (χ0v) is 20.2. The van der Waals surface area contributed by atoms with Crippen LogP contribution in [0.5, 0.6) is 5.75 Å². The average Bonchev–Trinajstić information content (AvgIpc) is 3.45. The Bertz CT molecular complexity index is 1210. The van der Waals surface area contributed by atoms with Gasteiger partial charge in [0.15, 0.2) is 0 Å². The summed E-state index contributed by atoms with van der Waals surface area (Å²) in [6, 6.07) is 17.6. The smallest absolute Gasteiger partial charge is 0.295 e. The molecular weight excluding hydrogens is 444 g/mol. The molecule has 2 heterocycles. The maximum atomic E-state index is 13.0. The molecule has 1 amide bonds. The van der Waals surface area contributed by atoms with E-state index in [1.165, 1.54) is 11.2 Å². The number of benzene rings is 2. The van der Waals surface area contributed by atoms with Crippen molar-refractivity contribution < 1.29 is 23.8 Å². The van der Waals surface area contributed by atoms with Crippen molar-refractivity contribution >= 4 is 17.4 Å². The minimum Gasteiger partial charge on any atom is -0.507 e. The SMILES string of the molecule is Cc1cccc(COc2ccc(/C(O)=C3\C(=O)C(=O)N(CCCN(C)C)[C@@H]3c3ccco3)cc2)c1. The molecule has 1 atom stereocenters. The van der Waals surface area contributed by atoms with Crippen LogP contribution in [0, 0.1) is 6.92 Å². The molecule has 0 spiro atoms. The van der Waals surface area contributed by atoms with Crippen LogP contribution in [0.2, 0.25) is 0 Å². The van der Waals surface area contributed by atoms with Crippen LogP contribution in [0.4, 0.5) is 0 Å². The number of carbonyl (C=O) groups is 2. The standard InChI is InChI=1S/C28H30N2O5/c1-19-7-4-8-20(17-19)18-35-22-12-10-21(11-13-22)26(31)24-25(23-9-5-16-34-23)30(28(33)27(24)32)15-6-14-29(2)3/h4-5,7-13,16-17,25,31H,6,14-15,18H2,1-3H3/b26-24+/t25-/m1/s1. The molecule has 35 heavy (non-hydrogen) atoms. The summed E-state index contributed by atoms with van der Waals surface area (Å²) in [6.45, 7) is 3.58. The molecule has 0 unspecified atom stereocenters. The topological polar surface area (TPSA) is 83.2 Å². The third kappa shape index (κ3) is 5.46. The van der Waals surface area contributed by atoms with Gasteiger partial charge in [0.05, 0.1) is 11.8 Å². The van der Waals surface area contributed by atoms with E-state index in [1.54, 1.807) is 36.4 Å². The third-order valence-electron chi connectivity index (χ3n) is 5.97. The van der Waals surface area contributed by atoms with Gasteiger partial charge in [0.25, 0.3) is 11.7 Å².